The van der Waals surface area contributed by atoms with Crippen LogP contribution in [0.4, 0.5) is 4.79 Å². The molecule has 6 heteroatoms. The maximum atomic E-state index is 12.0. The van der Waals surface area contributed by atoms with Crippen LogP contribution in [-0.4, -0.2) is 28.6 Å². The number of rotatable bonds is 4. The van der Waals surface area contributed by atoms with Crippen molar-refractivity contribution in [2.75, 3.05) is 0 Å². The van der Waals surface area contributed by atoms with Crippen LogP contribution >= 0.6 is 0 Å². The van der Waals surface area contributed by atoms with E-state index in [0.717, 1.165) is 12.8 Å². The van der Waals surface area contributed by atoms with Crippen LogP contribution in [0.2, 0.25) is 39.3 Å². The first-order valence-electron chi connectivity index (χ1n) is 7.31. The van der Waals surface area contributed by atoms with E-state index in [2.05, 4.69) is 31.8 Å². The molecule has 114 valence electrons. The van der Waals surface area contributed by atoms with Gasteiger partial charge in [-0.05, 0) is 52.1 Å². The maximum absolute atomic E-state index is 12.0. The number of hydrogen-bond donors (Lipinski definition) is 0. The van der Waals surface area contributed by atoms with Gasteiger partial charge in [0.15, 0.2) is 8.32 Å². The van der Waals surface area contributed by atoms with Crippen LogP contribution in [0.5, 0.6) is 0 Å². The molecule has 0 N–H and O–H groups in total. The fraction of sp³-hybridized carbons (Fsp3) is 0.786. The van der Waals surface area contributed by atoms with Crippen molar-refractivity contribution in [1.82, 2.24) is 0 Å². The van der Waals surface area contributed by atoms with Gasteiger partial charge in [0, 0.05) is 11.8 Å². The largest absolute Gasteiger partial charge is 0.496 e. The summed E-state index contributed by atoms with van der Waals surface area (Å²) in [6, 6.07) is 0. The van der Waals surface area contributed by atoms with Crippen molar-refractivity contribution in [2.45, 2.75) is 57.9 Å². The predicted molar refractivity (Wildman–Crippen MR) is 83.4 cm³/mol. The molecule has 0 aliphatic heterocycles. The summed E-state index contributed by atoms with van der Waals surface area (Å²) in [5, 5.41) is 0. The number of fused-ring (bicyclic) bond motifs is 1. The summed E-state index contributed by atoms with van der Waals surface area (Å²) in [5.74, 6) is -0.133. The smallest absolute Gasteiger partial charge is 0.490 e. The zero-order chi connectivity index (χ0) is 15.2. The van der Waals surface area contributed by atoms with Gasteiger partial charge in [-0.1, -0.05) is 12.2 Å². The summed E-state index contributed by atoms with van der Waals surface area (Å²) in [6.07, 6.45) is 5.61. The lowest BCUT2D eigenvalue weighted by atomic mass is 10.1. The Hall–Kier alpha value is -0.596. The quantitative estimate of drug-likeness (QED) is 0.339. The highest BCUT2D eigenvalue weighted by Crippen LogP contribution is 2.61. The third-order valence-electron chi connectivity index (χ3n) is 3.46. The Morgan fingerprint density at radius 3 is 1.90 bits per heavy atom. The van der Waals surface area contributed by atoms with E-state index in [9.17, 15) is 4.79 Å². The van der Waals surface area contributed by atoms with Gasteiger partial charge in [0.2, 0.25) is 5.79 Å². The SMILES string of the molecule is C[Si](C)(C)OC(=O)OC1(O[Si](C)(C)C)C2CC=CCC21. The van der Waals surface area contributed by atoms with Gasteiger partial charge in [-0.2, -0.15) is 0 Å². The Morgan fingerprint density at radius 2 is 1.50 bits per heavy atom. The minimum atomic E-state index is -1.93. The first-order valence-corrected chi connectivity index (χ1v) is 14.1. The van der Waals surface area contributed by atoms with Gasteiger partial charge in [-0.15, -0.1) is 0 Å². The zero-order valence-electron chi connectivity index (χ0n) is 13.4. The van der Waals surface area contributed by atoms with Crippen molar-refractivity contribution >= 4 is 22.8 Å². The van der Waals surface area contributed by atoms with Crippen molar-refractivity contribution in [1.29, 1.82) is 0 Å². The monoisotopic (exact) mass is 314 g/mol. The minimum Gasteiger partial charge on any atom is -0.490 e. The molecule has 1 fully saturated rings. The number of allylic oxidation sites excluding steroid dienone is 2. The molecule has 4 nitrogen and oxygen atoms in total. The Kier molecular flexibility index (Phi) is 3.94. The molecule has 0 heterocycles. The second kappa shape index (κ2) is 5.00. The molecule has 2 atom stereocenters. The fourth-order valence-electron chi connectivity index (χ4n) is 2.83. The van der Waals surface area contributed by atoms with Crippen LogP contribution in [0.3, 0.4) is 0 Å². The Labute approximate surface area is 123 Å². The van der Waals surface area contributed by atoms with E-state index in [1.54, 1.807) is 0 Å². The van der Waals surface area contributed by atoms with E-state index >= 15 is 0 Å². The molecule has 0 aromatic heterocycles. The molecule has 0 saturated heterocycles. The van der Waals surface area contributed by atoms with Crippen molar-refractivity contribution in [3.63, 3.8) is 0 Å². The average molecular weight is 315 g/mol. The lowest BCUT2D eigenvalue weighted by Gasteiger charge is -2.29. The van der Waals surface area contributed by atoms with E-state index in [0.29, 0.717) is 11.8 Å². The lowest BCUT2D eigenvalue weighted by molar-refractivity contribution is -0.0985. The summed E-state index contributed by atoms with van der Waals surface area (Å²) in [5.41, 5.74) is 0. The summed E-state index contributed by atoms with van der Waals surface area (Å²) in [6.45, 7) is 12.3. The van der Waals surface area contributed by atoms with Crippen LogP contribution in [0.25, 0.3) is 0 Å². The van der Waals surface area contributed by atoms with Gasteiger partial charge < -0.3 is 13.6 Å². The van der Waals surface area contributed by atoms with Crippen molar-refractivity contribution in [3.8, 4) is 0 Å². The van der Waals surface area contributed by atoms with Crippen LogP contribution in [-0.2, 0) is 13.6 Å². The molecule has 0 spiro atoms. The molecule has 2 rings (SSSR count). The normalized spacial score (nSPS) is 32.5. The average Bonchev–Trinajstić information content (AvgIpc) is 2.80. The van der Waals surface area contributed by atoms with Gasteiger partial charge in [-0.3, -0.25) is 0 Å². The Morgan fingerprint density at radius 1 is 1.00 bits per heavy atom. The van der Waals surface area contributed by atoms with E-state index in [4.69, 9.17) is 13.6 Å². The second-order valence-electron chi connectivity index (χ2n) is 7.66. The Bertz CT molecular complexity index is 406. The third kappa shape index (κ3) is 3.53. The number of carbonyl (C=O) groups excluding carboxylic acids is 1. The minimum absolute atomic E-state index is 0.299. The van der Waals surface area contributed by atoms with E-state index in [1.165, 1.54) is 0 Å². The van der Waals surface area contributed by atoms with E-state index in [-0.39, 0.29) is 0 Å². The topological polar surface area (TPSA) is 44.8 Å². The second-order valence-corrected chi connectivity index (χ2v) is 16.5. The van der Waals surface area contributed by atoms with Crippen LogP contribution < -0.4 is 0 Å². The van der Waals surface area contributed by atoms with E-state index < -0.39 is 28.6 Å². The van der Waals surface area contributed by atoms with Gasteiger partial charge in [0.1, 0.15) is 0 Å². The highest BCUT2D eigenvalue weighted by Gasteiger charge is 2.70. The highest BCUT2D eigenvalue weighted by molar-refractivity contribution is 6.71. The standard InChI is InChI=1S/C14H26O4Si2/c1-19(2,3)17-13(15)16-14(18-20(4,5)6)11-9-7-8-10-12(11)14/h7-8,11-12H,9-10H2,1-6H3. The van der Waals surface area contributed by atoms with Crippen molar-refractivity contribution in [3.05, 3.63) is 12.2 Å². The van der Waals surface area contributed by atoms with Gasteiger partial charge >= 0.3 is 6.16 Å². The van der Waals surface area contributed by atoms with Gasteiger partial charge in [0.25, 0.3) is 8.32 Å². The predicted octanol–water partition coefficient (Wildman–Crippen LogP) is 4.12. The van der Waals surface area contributed by atoms with Gasteiger partial charge in [-0.25, -0.2) is 4.79 Å². The van der Waals surface area contributed by atoms with Crippen molar-refractivity contribution < 1.29 is 18.4 Å². The van der Waals surface area contributed by atoms with Crippen LogP contribution in [0.15, 0.2) is 12.2 Å². The Balaban J connectivity index is 2.08. The fourth-order valence-corrected chi connectivity index (χ4v) is 4.67. The molecule has 1 saturated carbocycles. The molecular weight excluding hydrogens is 288 g/mol. The molecule has 0 amide bonds. The molecule has 0 radical (unpaired) electrons. The summed E-state index contributed by atoms with van der Waals surface area (Å²) >= 11 is 0. The summed E-state index contributed by atoms with van der Waals surface area (Å²) in [7, 11) is -3.73. The van der Waals surface area contributed by atoms with E-state index in [1.807, 2.05) is 19.6 Å². The molecule has 2 aliphatic carbocycles. The number of hydrogen-bond acceptors (Lipinski definition) is 4. The van der Waals surface area contributed by atoms with Crippen LogP contribution in [0.1, 0.15) is 12.8 Å². The highest BCUT2D eigenvalue weighted by atomic mass is 28.4. The number of ether oxygens (including phenoxy) is 1. The first-order chi connectivity index (χ1) is 9.04. The summed E-state index contributed by atoms with van der Waals surface area (Å²) in [4.78, 5) is 12.0. The van der Waals surface area contributed by atoms with Gasteiger partial charge in [0.05, 0.1) is 0 Å². The molecule has 2 unspecified atom stereocenters. The first kappa shape index (κ1) is 15.8. The zero-order valence-corrected chi connectivity index (χ0v) is 15.4. The molecule has 0 aromatic rings. The van der Waals surface area contributed by atoms with Crippen LogP contribution in [0, 0.1) is 11.8 Å². The molecule has 2 aliphatic rings. The number of carbonyl (C=O) groups is 1. The molecule has 0 aromatic carbocycles. The maximum Gasteiger partial charge on any atom is 0.496 e. The summed E-state index contributed by atoms with van der Waals surface area (Å²) < 4.78 is 17.4. The lowest BCUT2D eigenvalue weighted by Crippen LogP contribution is -2.40. The molecular formula is C14H26O4Si2. The third-order valence-corrected chi connectivity index (χ3v) is 5.17. The molecule has 20 heavy (non-hydrogen) atoms. The molecule has 0 bridgehead atoms. The van der Waals surface area contributed by atoms with Crippen molar-refractivity contribution in [2.24, 2.45) is 11.8 Å².